The molecule has 1 aromatic rings. The number of nitrogens with zero attached hydrogens (tertiary/aromatic N) is 1. The molecule has 0 aliphatic carbocycles. The summed E-state index contributed by atoms with van der Waals surface area (Å²) in [5.74, 6) is 1.28. The highest BCUT2D eigenvalue weighted by Gasteiger charge is 2.22. The number of benzene rings is 1. The first-order chi connectivity index (χ1) is 10.2. The van der Waals surface area contributed by atoms with Crippen LogP contribution < -0.4 is 10.5 Å². The van der Waals surface area contributed by atoms with Crippen LogP contribution in [0, 0.1) is 5.92 Å². The number of methoxy groups -OCH3 is 1. The summed E-state index contributed by atoms with van der Waals surface area (Å²) in [7, 11) is 3.74. The Labute approximate surface area is 132 Å². The van der Waals surface area contributed by atoms with E-state index in [4.69, 9.17) is 26.8 Å². The fraction of sp³-hybridized carbons (Fsp3) is 0.625. The van der Waals surface area contributed by atoms with Crippen molar-refractivity contribution in [3.8, 4) is 5.75 Å². The zero-order valence-corrected chi connectivity index (χ0v) is 13.6. The van der Waals surface area contributed by atoms with Gasteiger partial charge in [0.05, 0.1) is 18.7 Å². The standard InChI is InChI=1S/C16H25ClN2O2/c1-19(10-12-4-3-7-21-11-12)15(9-18)13-5-6-16(20-2)14(17)8-13/h5-6,8,12,15H,3-4,7,9-11,18H2,1-2H3. The second-order valence-corrected chi connectivity index (χ2v) is 6.08. The van der Waals surface area contributed by atoms with Crippen molar-refractivity contribution in [2.45, 2.75) is 18.9 Å². The molecule has 1 heterocycles. The molecule has 21 heavy (non-hydrogen) atoms. The molecule has 1 saturated heterocycles. The van der Waals surface area contributed by atoms with Crippen LogP contribution in [0.25, 0.3) is 0 Å². The van der Waals surface area contributed by atoms with Crippen molar-refractivity contribution in [2.75, 3.05) is 40.5 Å². The molecule has 2 rings (SSSR count). The Hall–Kier alpha value is -0.810. The van der Waals surface area contributed by atoms with Crippen LogP contribution in [0.1, 0.15) is 24.4 Å². The summed E-state index contributed by atoms with van der Waals surface area (Å²) in [6, 6.07) is 6.05. The average Bonchev–Trinajstić information content (AvgIpc) is 2.49. The van der Waals surface area contributed by atoms with Crippen LogP contribution in [0.4, 0.5) is 0 Å². The molecule has 1 fully saturated rings. The van der Waals surface area contributed by atoms with Crippen molar-refractivity contribution in [3.63, 3.8) is 0 Å². The first kappa shape index (κ1) is 16.6. The summed E-state index contributed by atoms with van der Waals surface area (Å²) in [5.41, 5.74) is 7.11. The van der Waals surface area contributed by atoms with Gasteiger partial charge in [0.25, 0.3) is 0 Å². The van der Waals surface area contributed by atoms with Crippen molar-refractivity contribution in [1.82, 2.24) is 4.90 Å². The molecule has 118 valence electrons. The lowest BCUT2D eigenvalue weighted by Crippen LogP contribution is -2.36. The van der Waals surface area contributed by atoms with Gasteiger partial charge in [-0.15, -0.1) is 0 Å². The smallest absolute Gasteiger partial charge is 0.137 e. The molecule has 0 bridgehead atoms. The maximum absolute atomic E-state index is 6.22. The maximum Gasteiger partial charge on any atom is 0.137 e. The third-order valence-electron chi connectivity index (χ3n) is 4.12. The molecular weight excluding hydrogens is 288 g/mol. The van der Waals surface area contributed by atoms with Crippen molar-refractivity contribution >= 4 is 11.6 Å². The lowest BCUT2D eigenvalue weighted by atomic mass is 9.99. The van der Waals surface area contributed by atoms with Crippen molar-refractivity contribution in [1.29, 1.82) is 0 Å². The monoisotopic (exact) mass is 312 g/mol. The van der Waals surface area contributed by atoms with E-state index in [0.29, 0.717) is 23.2 Å². The molecule has 0 aromatic heterocycles. The van der Waals surface area contributed by atoms with E-state index >= 15 is 0 Å². The number of nitrogens with two attached hydrogens (primary N) is 1. The van der Waals surface area contributed by atoms with E-state index in [1.807, 2.05) is 18.2 Å². The minimum Gasteiger partial charge on any atom is -0.495 e. The van der Waals surface area contributed by atoms with E-state index in [9.17, 15) is 0 Å². The molecule has 1 aliphatic heterocycles. The molecule has 1 aromatic carbocycles. The second kappa shape index (κ2) is 7.99. The van der Waals surface area contributed by atoms with Crippen LogP contribution in [0.2, 0.25) is 5.02 Å². The van der Waals surface area contributed by atoms with Gasteiger partial charge in [-0.1, -0.05) is 17.7 Å². The maximum atomic E-state index is 6.22. The summed E-state index contributed by atoms with van der Waals surface area (Å²) in [6.45, 7) is 3.30. The Kier molecular flexibility index (Phi) is 6.30. The summed E-state index contributed by atoms with van der Waals surface area (Å²) in [4.78, 5) is 2.30. The molecule has 4 nitrogen and oxygen atoms in total. The predicted molar refractivity (Wildman–Crippen MR) is 86.0 cm³/mol. The zero-order valence-electron chi connectivity index (χ0n) is 12.8. The van der Waals surface area contributed by atoms with E-state index in [0.717, 1.165) is 31.7 Å². The third kappa shape index (κ3) is 4.33. The van der Waals surface area contributed by atoms with Crippen LogP contribution in [0.5, 0.6) is 5.75 Å². The van der Waals surface area contributed by atoms with Crippen LogP contribution in [-0.4, -0.2) is 45.4 Å². The van der Waals surface area contributed by atoms with Gasteiger partial charge in [0.15, 0.2) is 0 Å². The molecule has 0 saturated carbocycles. The van der Waals surface area contributed by atoms with E-state index in [1.54, 1.807) is 7.11 Å². The van der Waals surface area contributed by atoms with Crippen molar-refractivity contribution < 1.29 is 9.47 Å². The third-order valence-corrected chi connectivity index (χ3v) is 4.41. The first-order valence-corrected chi connectivity index (χ1v) is 7.85. The predicted octanol–water partition coefficient (Wildman–Crippen LogP) is 2.71. The second-order valence-electron chi connectivity index (χ2n) is 5.67. The van der Waals surface area contributed by atoms with Gasteiger partial charge in [0.1, 0.15) is 5.75 Å². The Morgan fingerprint density at radius 2 is 2.33 bits per heavy atom. The van der Waals surface area contributed by atoms with Crippen LogP contribution >= 0.6 is 11.6 Å². The van der Waals surface area contributed by atoms with Gasteiger partial charge < -0.3 is 15.2 Å². The van der Waals surface area contributed by atoms with Gasteiger partial charge in [-0.2, -0.15) is 0 Å². The van der Waals surface area contributed by atoms with Gasteiger partial charge in [0, 0.05) is 25.7 Å². The largest absolute Gasteiger partial charge is 0.495 e. The fourth-order valence-corrected chi connectivity index (χ4v) is 3.21. The fourth-order valence-electron chi connectivity index (χ4n) is 2.95. The molecule has 2 N–H and O–H groups in total. The SMILES string of the molecule is COc1ccc(C(CN)N(C)CC2CCCOC2)cc1Cl. The van der Waals surface area contributed by atoms with E-state index in [-0.39, 0.29) is 6.04 Å². The summed E-state index contributed by atoms with van der Waals surface area (Å²) >= 11 is 6.22. The molecular formula is C16H25ClN2O2. The molecule has 0 spiro atoms. The number of hydrogen-bond donors (Lipinski definition) is 1. The highest BCUT2D eigenvalue weighted by atomic mass is 35.5. The topological polar surface area (TPSA) is 47.7 Å². The molecule has 5 heteroatoms. The molecule has 0 amide bonds. The van der Waals surface area contributed by atoms with Gasteiger partial charge in [-0.25, -0.2) is 0 Å². The summed E-state index contributed by atoms with van der Waals surface area (Å²) < 4.78 is 10.8. The van der Waals surface area contributed by atoms with Crippen molar-refractivity contribution in [2.24, 2.45) is 11.7 Å². The first-order valence-electron chi connectivity index (χ1n) is 7.47. The Morgan fingerprint density at radius 1 is 1.52 bits per heavy atom. The molecule has 0 radical (unpaired) electrons. The average molecular weight is 313 g/mol. The highest BCUT2D eigenvalue weighted by Crippen LogP contribution is 2.30. The van der Waals surface area contributed by atoms with Crippen LogP contribution in [0.15, 0.2) is 18.2 Å². The normalized spacial score (nSPS) is 20.5. The number of ether oxygens (including phenoxy) is 2. The molecule has 2 atom stereocenters. The Balaban J connectivity index is 2.05. The summed E-state index contributed by atoms with van der Waals surface area (Å²) in [5, 5.41) is 0.628. The lowest BCUT2D eigenvalue weighted by molar-refractivity contribution is 0.0365. The number of hydrogen-bond acceptors (Lipinski definition) is 4. The van der Waals surface area contributed by atoms with Gasteiger partial charge in [-0.3, -0.25) is 4.90 Å². The number of halogens is 1. The number of rotatable bonds is 6. The highest BCUT2D eigenvalue weighted by molar-refractivity contribution is 6.32. The molecule has 2 unspecified atom stereocenters. The molecule has 1 aliphatic rings. The van der Waals surface area contributed by atoms with Gasteiger partial charge in [0.2, 0.25) is 0 Å². The minimum atomic E-state index is 0.162. The minimum absolute atomic E-state index is 0.162. The van der Waals surface area contributed by atoms with Gasteiger partial charge in [-0.05, 0) is 43.5 Å². The van der Waals surface area contributed by atoms with Gasteiger partial charge >= 0.3 is 0 Å². The van der Waals surface area contributed by atoms with Crippen molar-refractivity contribution in [3.05, 3.63) is 28.8 Å². The number of likely N-dealkylation sites (N-methyl/N-ethyl adjacent to an activating group) is 1. The quantitative estimate of drug-likeness (QED) is 0.877. The lowest BCUT2D eigenvalue weighted by Gasteiger charge is -2.32. The van der Waals surface area contributed by atoms with E-state index in [2.05, 4.69) is 11.9 Å². The van der Waals surface area contributed by atoms with E-state index in [1.165, 1.54) is 6.42 Å². The summed E-state index contributed by atoms with van der Waals surface area (Å²) in [6.07, 6.45) is 2.38. The van der Waals surface area contributed by atoms with Crippen LogP contribution in [-0.2, 0) is 4.74 Å². The zero-order chi connectivity index (χ0) is 15.2. The Bertz CT molecular complexity index is 450. The van der Waals surface area contributed by atoms with E-state index < -0.39 is 0 Å². The Morgan fingerprint density at radius 3 is 2.90 bits per heavy atom. The van der Waals surface area contributed by atoms with Crippen LogP contribution in [0.3, 0.4) is 0 Å².